The molecule has 9 heteroatoms. The van der Waals surface area contributed by atoms with Crippen LogP contribution in [0.4, 0.5) is 0 Å². The maximum atomic E-state index is 13.0. The first kappa shape index (κ1) is 22.8. The molecule has 0 aliphatic heterocycles. The minimum atomic E-state index is -0.147. The Bertz CT molecular complexity index is 1660. The van der Waals surface area contributed by atoms with E-state index in [4.69, 9.17) is 14.5 Å². The maximum absolute atomic E-state index is 13.0. The number of hydrogen-bond donors (Lipinski definition) is 0. The lowest BCUT2D eigenvalue weighted by atomic mass is 10.1. The molecule has 0 amide bonds. The smallest absolute Gasteiger partial charge is 0.252 e. The topological polar surface area (TPSA) is 105 Å². The van der Waals surface area contributed by atoms with Crippen LogP contribution in [0, 0.1) is 0 Å². The molecule has 1 aliphatic carbocycles. The molecule has 0 unspecified atom stereocenters. The van der Waals surface area contributed by atoms with Gasteiger partial charge in [-0.05, 0) is 36.6 Å². The summed E-state index contributed by atoms with van der Waals surface area (Å²) in [5.41, 5.74) is 4.61. The average Bonchev–Trinajstić information content (AvgIpc) is 3.80. The van der Waals surface area contributed by atoms with Crippen LogP contribution in [0.1, 0.15) is 30.0 Å². The van der Waals surface area contributed by atoms with E-state index in [1.807, 2.05) is 36.4 Å². The molecular formula is C28H24N6O3. The SMILES string of the molecule is COc1cccnc1-c1ccc(Cn2c(=O)ccc3cnc(-c4c(OC)ncnc4C4CC4)nc32)cc1. The summed E-state index contributed by atoms with van der Waals surface area (Å²) >= 11 is 0. The largest absolute Gasteiger partial charge is 0.494 e. The molecule has 6 rings (SSSR count). The summed E-state index contributed by atoms with van der Waals surface area (Å²) < 4.78 is 12.6. The van der Waals surface area contributed by atoms with E-state index in [0.29, 0.717) is 41.1 Å². The first-order valence-electron chi connectivity index (χ1n) is 12.0. The standard InChI is InChI=1S/C28H24N6O3/c1-36-21-4-3-13-29-24(21)18-7-5-17(6-8-18)15-34-22(35)12-11-20-14-30-26(33-27(20)34)23-25(19-9-10-19)31-16-32-28(23)37-2/h3-8,11-14,16,19H,9-10,15H2,1-2H3. The van der Waals surface area contributed by atoms with Gasteiger partial charge in [0.1, 0.15) is 29.0 Å². The van der Waals surface area contributed by atoms with Crippen LogP contribution in [0.5, 0.6) is 11.6 Å². The first-order chi connectivity index (χ1) is 18.2. The Labute approximate surface area is 212 Å². The lowest BCUT2D eigenvalue weighted by Gasteiger charge is -2.13. The fourth-order valence-corrected chi connectivity index (χ4v) is 4.48. The highest BCUT2D eigenvalue weighted by molar-refractivity contribution is 5.78. The first-order valence-corrected chi connectivity index (χ1v) is 12.0. The zero-order valence-corrected chi connectivity index (χ0v) is 20.5. The number of fused-ring (bicyclic) bond motifs is 1. The zero-order valence-electron chi connectivity index (χ0n) is 20.5. The van der Waals surface area contributed by atoms with Crippen LogP contribution in [-0.4, -0.2) is 43.7 Å². The number of benzene rings is 1. The Morgan fingerprint density at radius 2 is 1.78 bits per heavy atom. The van der Waals surface area contributed by atoms with Gasteiger partial charge in [-0.1, -0.05) is 24.3 Å². The van der Waals surface area contributed by atoms with Crippen molar-refractivity contribution < 1.29 is 9.47 Å². The lowest BCUT2D eigenvalue weighted by Crippen LogP contribution is -2.21. The lowest BCUT2D eigenvalue weighted by molar-refractivity contribution is 0.397. The molecule has 4 heterocycles. The number of rotatable bonds is 7. The molecule has 0 spiro atoms. The Kier molecular flexibility index (Phi) is 5.80. The van der Waals surface area contributed by atoms with Crippen LogP contribution in [0.3, 0.4) is 0 Å². The van der Waals surface area contributed by atoms with Crippen LogP contribution >= 0.6 is 0 Å². The zero-order chi connectivity index (χ0) is 25.4. The summed E-state index contributed by atoms with van der Waals surface area (Å²) in [7, 11) is 3.20. The highest BCUT2D eigenvalue weighted by Crippen LogP contribution is 2.44. The van der Waals surface area contributed by atoms with Gasteiger partial charge in [-0.3, -0.25) is 14.3 Å². The van der Waals surface area contributed by atoms with E-state index in [1.165, 1.54) is 6.33 Å². The molecule has 1 fully saturated rings. The van der Waals surface area contributed by atoms with Gasteiger partial charge in [0.05, 0.1) is 26.5 Å². The van der Waals surface area contributed by atoms with Crippen molar-refractivity contribution in [3.8, 4) is 34.3 Å². The molecule has 0 bridgehead atoms. The molecule has 0 atom stereocenters. The monoisotopic (exact) mass is 492 g/mol. The summed E-state index contributed by atoms with van der Waals surface area (Å²) in [6.07, 6.45) is 7.10. The number of aromatic nitrogens is 6. The van der Waals surface area contributed by atoms with Crippen molar-refractivity contribution in [3.63, 3.8) is 0 Å². The van der Waals surface area contributed by atoms with Crippen LogP contribution in [0.15, 0.2) is 72.0 Å². The van der Waals surface area contributed by atoms with Gasteiger partial charge in [0.25, 0.3) is 5.56 Å². The molecule has 37 heavy (non-hydrogen) atoms. The molecule has 184 valence electrons. The third-order valence-electron chi connectivity index (χ3n) is 6.50. The van der Waals surface area contributed by atoms with Gasteiger partial charge in [-0.15, -0.1) is 0 Å². The quantitative estimate of drug-likeness (QED) is 0.332. The Balaban J connectivity index is 1.40. The molecule has 1 aliphatic rings. The second-order valence-electron chi connectivity index (χ2n) is 8.90. The van der Waals surface area contributed by atoms with Crippen molar-refractivity contribution in [2.75, 3.05) is 14.2 Å². The van der Waals surface area contributed by atoms with Crippen molar-refractivity contribution in [1.29, 1.82) is 0 Å². The highest BCUT2D eigenvalue weighted by Gasteiger charge is 2.31. The van der Waals surface area contributed by atoms with E-state index in [2.05, 4.69) is 19.9 Å². The number of ether oxygens (including phenoxy) is 2. The number of nitrogens with zero attached hydrogens (tertiary/aromatic N) is 6. The fourth-order valence-electron chi connectivity index (χ4n) is 4.48. The van der Waals surface area contributed by atoms with E-state index < -0.39 is 0 Å². The van der Waals surface area contributed by atoms with E-state index >= 15 is 0 Å². The number of pyridine rings is 2. The molecule has 0 radical (unpaired) electrons. The molecular weight excluding hydrogens is 468 g/mol. The Morgan fingerprint density at radius 1 is 0.946 bits per heavy atom. The fraction of sp³-hybridized carbons (Fsp3) is 0.214. The van der Waals surface area contributed by atoms with Crippen LogP contribution in [0.25, 0.3) is 33.7 Å². The second-order valence-corrected chi connectivity index (χ2v) is 8.90. The minimum absolute atomic E-state index is 0.147. The van der Waals surface area contributed by atoms with E-state index in [9.17, 15) is 4.79 Å². The number of hydrogen-bond acceptors (Lipinski definition) is 8. The maximum Gasteiger partial charge on any atom is 0.252 e. The van der Waals surface area contributed by atoms with Crippen molar-refractivity contribution in [1.82, 2.24) is 29.5 Å². The highest BCUT2D eigenvalue weighted by atomic mass is 16.5. The van der Waals surface area contributed by atoms with Gasteiger partial charge in [0, 0.05) is 35.3 Å². The molecule has 5 aromatic rings. The summed E-state index contributed by atoms with van der Waals surface area (Å²) in [5.74, 6) is 1.93. The average molecular weight is 493 g/mol. The third kappa shape index (κ3) is 4.29. The normalized spacial score (nSPS) is 13.0. The predicted octanol–water partition coefficient (Wildman–Crippen LogP) is 4.25. The third-order valence-corrected chi connectivity index (χ3v) is 6.50. The Morgan fingerprint density at radius 3 is 2.54 bits per heavy atom. The molecule has 1 saturated carbocycles. The Hall–Kier alpha value is -4.66. The van der Waals surface area contributed by atoms with E-state index in [0.717, 1.165) is 40.7 Å². The van der Waals surface area contributed by atoms with Gasteiger partial charge in [0.15, 0.2) is 5.82 Å². The molecule has 0 N–H and O–H groups in total. The van der Waals surface area contributed by atoms with Crippen molar-refractivity contribution >= 4 is 11.0 Å². The van der Waals surface area contributed by atoms with Gasteiger partial charge in [-0.25, -0.2) is 19.9 Å². The summed E-state index contributed by atoms with van der Waals surface area (Å²) in [6.45, 7) is 0.351. The van der Waals surface area contributed by atoms with Crippen molar-refractivity contribution in [2.45, 2.75) is 25.3 Å². The molecule has 9 nitrogen and oxygen atoms in total. The van der Waals surface area contributed by atoms with Crippen LogP contribution < -0.4 is 15.0 Å². The van der Waals surface area contributed by atoms with E-state index in [-0.39, 0.29) is 5.56 Å². The van der Waals surface area contributed by atoms with Gasteiger partial charge in [0.2, 0.25) is 5.88 Å². The van der Waals surface area contributed by atoms with Crippen LogP contribution in [-0.2, 0) is 6.54 Å². The molecule has 0 saturated heterocycles. The molecule has 4 aromatic heterocycles. The van der Waals surface area contributed by atoms with Crippen LogP contribution in [0.2, 0.25) is 0 Å². The predicted molar refractivity (Wildman–Crippen MR) is 139 cm³/mol. The van der Waals surface area contributed by atoms with Crippen molar-refractivity contribution in [2.24, 2.45) is 0 Å². The van der Waals surface area contributed by atoms with Crippen molar-refractivity contribution in [3.05, 3.63) is 88.9 Å². The van der Waals surface area contributed by atoms with Gasteiger partial charge < -0.3 is 9.47 Å². The summed E-state index contributed by atoms with van der Waals surface area (Å²) in [5, 5.41) is 0.766. The van der Waals surface area contributed by atoms with Gasteiger partial charge in [-0.2, -0.15) is 0 Å². The minimum Gasteiger partial charge on any atom is -0.494 e. The number of methoxy groups -OCH3 is 2. The molecule has 1 aromatic carbocycles. The van der Waals surface area contributed by atoms with E-state index in [1.54, 1.807) is 43.3 Å². The second kappa shape index (κ2) is 9.42. The summed E-state index contributed by atoms with van der Waals surface area (Å²) in [6, 6.07) is 14.9. The summed E-state index contributed by atoms with van der Waals surface area (Å²) in [4.78, 5) is 35.7. The van der Waals surface area contributed by atoms with Gasteiger partial charge >= 0.3 is 0 Å².